The van der Waals surface area contributed by atoms with Crippen molar-refractivity contribution in [2.75, 3.05) is 37.4 Å². The second kappa shape index (κ2) is 7.98. The van der Waals surface area contributed by atoms with Gasteiger partial charge < -0.3 is 19.9 Å². The smallest absolute Gasteiger partial charge is 0.267 e. The number of carbonyl (C=O) groups excluding carboxylic acids is 2. The number of fused-ring (bicyclic) bond motifs is 1. The molecule has 1 aliphatic heterocycles. The van der Waals surface area contributed by atoms with E-state index >= 15 is 0 Å². The summed E-state index contributed by atoms with van der Waals surface area (Å²) in [5.41, 5.74) is 1.70. The van der Waals surface area contributed by atoms with Crippen LogP contribution in [0.4, 0.5) is 11.4 Å². The van der Waals surface area contributed by atoms with Crippen molar-refractivity contribution in [1.29, 1.82) is 0 Å². The van der Waals surface area contributed by atoms with Crippen LogP contribution in [0.15, 0.2) is 42.5 Å². The Hall–Kier alpha value is -2.57. The SMILES string of the molecule is CC1Oc2ccc(NC(=O)c3cccc(Cl)c3)cc2N(CCN(C)C)C1=O. The van der Waals surface area contributed by atoms with E-state index in [9.17, 15) is 9.59 Å². The Kier molecular flexibility index (Phi) is 5.68. The number of benzene rings is 2. The number of halogens is 1. The Morgan fingerprint density at radius 3 is 2.74 bits per heavy atom. The third-order valence-corrected chi connectivity index (χ3v) is 4.52. The highest BCUT2D eigenvalue weighted by atomic mass is 35.5. The molecule has 2 aromatic rings. The first-order valence-electron chi connectivity index (χ1n) is 8.69. The van der Waals surface area contributed by atoms with Crippen LogP contribution in [-0.4, -0.2) is 50.0 Å². The molecule has 0 aliphatic carbocycles. The van der Waals surface area contributed by atoms with Gasteiger partial charge in [0.1, 0.15) is 5.75 Å². The van der Waals surface area contributed by atoms with Crippen molar-refractivity contribution in [3.8, 4) is 5.75 Å². The minimum absolute atomic E-state index is 0.0948. The maximum atomic E-state index is 12.6. The molecule has 7 heteroatoms. The van der Waals surface area contributed by atoms with Gasteiger partial charge in [-0.25, -0.2) is 0 Å². The summed E-state index contributed by atoms with van der Waals surface area (Å²) in [5, 5.41) is 3.34. The van der Waals surface area contributed by atoms with Gasteiger partial charge in [-0.05, 0) is 57.4 Å². The summed E-state index contributed by atoms with van der Waals surface area (Å²) in [6.07, 6.45) is -0.536. The highest BCUT2D eigenvalue weighted by Gasteiger charge is 2.31. The largest absolute Gasteiger partial charge is 0.479 e. The molecule has 142 valence electrons. The molecule has 1 atom stereocenters. The molecular weight excluding hydrogens is 366 g/mol. The van der Waals surface area contributed by atoms with Crippen molar-refractivity contribution in [2.45, 2.75) is 13.0 Å². The predicted molar refractivity (Wildman–Crippen MR) is 107 cm³/mol. The summed E-state index contributed by atoms with van der Waals surface area (Å²) in [6, 6.07) is 12.0. The molecule has 1 unspecified atom stereocenters. The number of carbonyl (C=O) groups is 2. The van der Waals surface area contributed by atoms with E-state index in [1.54, 1.807) is 54.3 Å². The van der Waals surface area contributed by atoms with E-state index in [-0.39, 0.29) is 11.8 Å². The van der Waals surface area contributed by atoms with Crippen molar-refractivity contribution in [3.05, 3.63) is 53.1 Å². The van der Waals surface area contributed by atoms with E-state index in [0.717, 1.165) is 6.54 Å². The standard InChI is InChI=1S/C20H22ClN3O3/c1-13-20(26)24(10-9-23(2)3)17-12-16(7-8-18(17)27-13)22-19(25)14-5-4-6-15(21)11-14/h4-8,11-13H,9-10H2,1-3H3,(H,22,25). The molecular formula is C20H22ClN3O3. The lowest BCUT2D eigenvalue weighted by Crippen LogP contribution is -2.46. The number of hydrogen-bond donors (Lipinski definition) is 1. The molecule has 2 amide bonds. The molecule has 0 fully saturated rings. The molecule has 3 rings (SSSR count). The number of ether oxygens (including phenoxy) is 1. The first-order chi connectivity index (χ1) is 12.8. The van der Waals surface area contributed by atoms with Gasteiger partial charge in [0.2, 0.25) is 0 Å². The summed E-state index contributed by atoms with van der Waals surface area (Å²) in [7, 11) is 3.91. The average Bonchev–Trinajstić information content (AvgIpc) is 2.62. The first kappa shape index (κ1) is 19.2. The summed E-state index contributed by atoms with van der Waals surface area (Å²) in [4.78, 5) is 28.8. The van der Waals surface area contributed by atoms with Gasteiger partial charge in [-0.3, -0.25) is 9.59 Å². The van der Waals surface area contributed by atoms with Crippen molar-refractivity contribution in [3.63, 3.8) is 0 Å². The van der Waals surface area contributed by atoms with Crippen LogP contribution in [0.2, 0.25) is 5.02 Å². The Morgan fingerprint density at radius 2 is 2.04 bits per heavy atom. The normalized spacial score (nSPS) is 16.1. The Bertz CT molecular complexity index is 869. The van der Waals surface area contributed by atoms with Gasteiger partial charge in [-0.1, -0.05) is 17.7 Å². The number of nitrogens with one attached hydrogen (secondary N) is 1. The lowest BCUT2D eigenvalue weighted by Gasteiger charge is -2.34. The predicted octanol–water partition coefficient (Wildman–Crippen LogP) is 3.27. The molecule has 0 aromatic heterocycles. The first-order valence-corrected chi connectivity index (χ1v) is 9.06. The fraction of sp³-hybridized carbons (Fsp3) is 0.300. The number of likely N-dealkylation sites (N-methyl/N-ethyl adjacent to an activating group) is 1. The second-order valence-corrected chi connectivity index (χ2v) is 7.14. The van der Waals surface area contributed by atoms with Gasteiger partial charge in [0.25, 0.3) is 11.8 Å². The van der Waals surface area contributed by atoms with Crippen molar-refractivity contribution in [2.24, 2.45) is 0 Å². The van der Waals surface area contributed by atoms with Crippen LogP contribution in [0.25, 0.3) is 0 Å². The zero-order chi connectivity index (χ0) is 19.6. The highest BCUT2D eigenvalue weighted by Crippen LogP contribution is 2.36. The van der Waals surface area contributed by atoms with Crippen LogP contribution in [-0.2, 0) is 4.79 Å². The highest BCUT2D eigenvalue weighted by molar-refractivity contribution is 6.31. The fourth-order valence-electron chi connectivity index (χ4n) is 2.85. The van der Waals surface area contributed by atoms with E-state index in [4.69, 9.17) is 16.3 Å². The van der Waals surface area contributed by atoms with E-state index in [0.29, 0.717) is 34.3 Å². The monoisotopic (exact) mass is 387 g/mol. The van der Waals surface area contributed by atoms with Gasteiger partial charge in [0, 0.05) is 29.4 Å². The molecule has 6 nitrogen and oxygen atoms in total. The summed E-state index contributed by atoms with van der Waals surface area (Å²) >= 11 is 5.95. The van der Waals surface area contributed by atoms with E-state index in [1.165, 1.54) is 0 Å². The molecule has 0 saturated carbocycles. The Morgan fingerprint density at radius 1 is 1.26 bits per heavy atom. The van der Waals surface area contributed by atoms with E-state index in [1.807, 2.05) is 19.0 Å². The third kappa shape index (κ3) is 4.40. The molecule has 0 bridgehead atoms. The minimum Gasteiger partial charge on any atom is -0.479 e. The maximum Gasteiger partial charge on any atom is 0.267 e. The number of anilines is 2. The number of amides is 2. The fourth-order valence-corrected chi connectivity index (χ4v) is 3.04. The van der Waals surface area contributed by atoms with Crippen LogP contribution >= 0.6 is 11.6 Å². The van der Waals surface area contributed by atoms with Gasteiger partial charge in [0.15, 0.2) is 6.10 Å². The summed E-state index contributed by atoms with van der Waals surface area (Å²) < 4.78 is 5.71. The summed E-state index contributed by atoms with van der Waals surface area (Å²) in [5.74, 6) is 0.262. The number of hydrogen-bond acceptors (Lipinski definition) is 4. The molecule has 0 spiro atoms. The molecule has 0 saturated heterocycles. The lowest BCUT2D eigenvalue weighted by molar-refractivity contribution is -0.125. The van der Waals surface area contributed by atoms with Crippen LogP contribution in [0.3, 0.4) is 0 Å². The quantitative estimate of drug-likeness (QED) is 0.855. The molecule has 1 aliphatic rings. The van der Waals surface area contributed by atoms with Crippen LogP contribution < -0.4 is 15.0 Å². The Labute approximate surface area is 163 Å². The molecule has 1 heterocycles. The minimum atomic E-state index is -0.536. The number of nitrogens with zero attached hydrogens (tertiary/aromatic N) is 2. The van der Waals surface area contributed by atoms with Gasteiger partial charge in [-0.2, -0.15) is 0 Å². The summed E-state index contributed by atoms with van der Waals surface area (Å²) in [6.45, 7) is 3.00. The van der Waals surface area contributed by atoms with Crippen molar-refractivity contribution >= 4 is 34.8 Å². The maximum absolute atomic E-state index is 12.6. The van der Waals surface area contributed by atoms with Crippen LogP contribution in [0.1, 0.15) is 17.3 Å². The van der Waals surface area contributed by atoms with Crippen molar-refractivity contribution in [1.82, 2.24) is 4.90 Å². The van der Waals surface area contributed by atoms with Gasteiger partial charge in [0.05, 0.1) is 5.69 Å². The molecule has 1 N–H and O–H groups in total. The van der Waals surface area contributed by atoms with Gasteiger partial charge in [-0.15, -0.1) is 0 Å². The van der Waals surface area contributed by atoms with Crippen molar-refractivity contribution < 1.29 is 14.3 Å². The lowest BCUT2D eigenvalue weighted by atomic mass is 10.1. The number of rotatable bonds is 5. The molecule has 2 aromatic carbocycles. The average molecular weight is 388 g/mol. The Balaban J connectivity index is 1.85. The van der Waals surface area contributed by atoms with E-state index in [2.05, 4.69) is 5.32 Å². The van der Waals surface area contributed by atoms with E-state index < -0.39 is 6.10 Å². The third-order valence-electron chi connectivity index (χ3n) is 4.28. The molecule has 0 radical (unpaired) electrons. The zero-order valence-corrected chi connectivity index (χ0v) is 16.3. The molecule has 27 heavy (non-hydrogen) atoms. The van der Waals surface area contributed by atoms with Crippen LogP contribution in [0.5, 0.6) is 5.75 Å². The second-order valence-electron chi connectivity index (χ2n) is 6.70. The topological polar surface area (TPSA) is 61.9 Å². The van der Waals surface area contributed by atoms with Gasteiger partial charge >= 0.3 is 0 Å². The zero-order valence-electron chi connectivity index (χ0n) is 15.5. The van der Waals surface area contributed by atoms with Crippen LogP contribution in [0, 0.1) is 0 Å².